The summed E-state index contributed by atoms with van der Waals surface area (Å²) in [7, 11) is 0. The van der Waals surface area contributed by atoms with E-state index >= 15 is 0 Å². The number of esters is 1. The maximum atomic E-state index is 13.7. The highest BCUT2D eigenvalue weighted by Crippen LogP contribution is 2.37. The van der Waals surface area contributed by atoms with Crippen molar-refractivity contribution in [2.75, 3.05) is 26.2 Å². The number of hydrogen-bond acceptors (Lipinski definition) is 8. The van der Waals surface area contributed by atoms with Crippen LogP contribution in [-0.2, 0) is 9.53 Å². The zero-order valence-electron chi connectivity index (χ0n) is 17.1. The SMILES string of the molecule is CCOC(=O)C1=C(CN2CC(C)(O)C2)NC(c2nccs2)=NC1c1ccc(F)cc1Br. The van der Waals surface area contributed by atoms with Gasteiger partial charge in [0.25, 0.3) is 0 Å². The molecule has 0 spiro atoms. The highest BCUT2D eigenvalue weighted by molar-refractivity contribution is 9.10. The number of halogens is 2. The summed E-state index contributed by atoms with van der Waals surface area (Å²) in [6.07, 6.45) is 1.68. The molecule has 0 radical (unpaired) electrons. The molecule has 0 aliphatic carbocycles. The summed E-state index contributed by atoms with van der Waals surface area (Å²) in [6.45, 7) is 5.12. The van der Waals surface area contributed by atoms with E-state index in [0.717, 1.165) is 0 Å². The van der Waals surface area contributed by atoms with Gasteiger partial charge in [0, 0.05) is 41.4 Å². The van der Waals surface area contributed by atoms with Crippen LogP contribution in [0.4, 0.5) is 4.39 Å². The van der Waals surface area contributed by atoms with Crippen molar-refractivity contribution < 1.29 is 19.0 Å². The number of ether oxygens (including phenoxy) is 1. The molecule has 3 heterocycles. The van der Waals surface area contributed by atoms with Crippen LogP contribution in [0.15, 0.2) is 50.5 Å². The first-order valence-corrected chi connectivity index (χ1v) is 11.5. The number of nitrogens with zero attached hydrogens (tertiary/aromatic N) is 3. The summed E-state index contributed by atoms with van der Waals surface area (Å²) in [5.74, 6) is -0.342. The first-order chi connectivity index (χ1) is 14.8. The number of rotatable bonds is 6. The molecule has 0 amide bonds. The van der Waals surface area contributed by atoms with Gasteiger partial charge < -0.3 is 15.2 Å². The Kier molecular flexibility index (Phi) is 6.25. The Morgan fingerprint density at radius 3 is 2.87 bits per heavy atom. The molecule has 0 saturated carbocycles. The van der Waals surface area contributed by atoms with Gasteiger partial charge in [0.1, 0.15) is 11.9 Å². The van der Waals surface area contributed by atoms with Crippen LogP contribution in [0.1, 0.15) is 30.5 Å². The van der Waals surface area contributed by atoms with E-state index in [2.05, 4.69) is 26.2 Å². The fourth-order valence-electron chi connectivity index (χ4n) is 3.82. The molecule has 4 rings (SSSR count). The number of benzene rings is 1. The Labute approximate surface area is 191 Å². The first-order valence-electron chi connectivity index (χ1n) is 9.82. The number of aliphatic hydroxyl groups is 1. The highest BCUT2D eigenvalue weighted by Gasteiger charge is 2.40. The molecule has 1 aromatic carbocycles. The van der Waals surface area contributed by atoms with Crippen LogP contribution in [-0.4, -0.2) is 58.6 Å². The van der Waals surface area contributed by atoms with E-state index in [1.807, 2.05) is 10.3 Å². The average molecular weight is 509 g/mol. The molecule has 2 aliphatic heterocycles. The van der Waals surface area contributed by atoms with Crippen LogP contribution in [0.2, 0.25) is 0 Å². The molecule has 1 atom stereocenters. The molecule has 2 aromatic rings. The van der Waals surface area contributed by atoms with Crippen LogP contribution in [0.5, 0.6) is 0 Å². The van der Waals surface area contributed by atoms with Gasteiger partial charge in [-0.1, -0.05) is 22.0 Å². The lowest BCUT2D eigenvalue weighted by Gasteiger charge is -2.45. The summed E-state index contributed by atoms with van der Waals surface area (Å²) >= 11 is 4.84. The Bertz CT molecular complexity index is 1050. The van der Waals surface area contributed by atoms with Crippen molar-refractivity contribution in [1.29, 1.82) is 0 Å². The minimum atomic E-state index is -0.745. The topological polar surface area (TPSA) is 87.0 Å². The van der Waals surface area contributed by atoms with Crippen molar-refractivity contribution in [2.45, 2.75) is 25.5 Å². The molecule has 1 unspecified atom stereocenters. The van der Waals surface area contributed by atoms with Crippen molar-refractivity contribution in [2.24, 2.45) is 4.99 Å². The summed E-state index contributed by atoms with van der Waals surface area (Å²) in [6, 6.07) is 3.61. The third-order valence-electron chi connectivity index (χ3n) is 5.02. The standard InChI is InChI=1S/C21H22BrFN4O3S/c1-3-30-20(28)16-15(9-27-10-21(2,29)11-27)25-18(19-24-6-7-31-19)26-17(16)13-5-4-12(23)8-14(13)22/h4-8,17,29H,3,9-11H2,1-2H3,(H,25,26). The van der Waals surface area contributed by atoms with Gasteiger partial charge in [-0.15, -0.1) is 11.3 Å². The number of nitrogens with one attached hydrogen (secondary N) is 1. The zero-order valence-corrected chi connectivity index (χ0v) is 19.5. The molecule has 1 saturated heterocycles. The van der Waals surface area contributed by atoms with Gasteiger partial charge in [0.05, 0.1) is 17.8 Å². The van der Waals surface area contributed by atoms with Gasteiger partial charge in [-0.2, -0.15) is 0 Å². The molecule has 31 heavy (non-hydrogen) atoms. The number of hydrogen-bond donors (Lipinski definition) is 2. The Balaban J connectivity index is 1.80. The number of aliphatic imine (C=N–C) groups is 1. The zero-order chi connectivity index (χ0) is 22.2. The van der Waals surface area contributed by atoms with Gasteiger partial charge in [-0.25, -0.2) is 14.2 Å². The Morgan fingerprint density at radius 1 is 1.48 bits per heavy atom. The fourth-order valence-corrected chi connectivity index (χ4v) is 4.97. The van der Waals surface area contributed by atoms with Gasteiger partial charge in [0.15, 0.2) is 10.8 Å². The van der Waals surface area contributed by atoms with E-state index in [1.54, 1.807) is 26.1 Å². The lowest BCUT2D eigenvalue weighted by Crippen LogP contribution is -2.60. The van der Waals surface area contributed by atoms with E-state index in [9.17, 15) is 14.3 Å². The molecule has 1 fully saturated rings. The lowest BCUT2D eigenvalue weighted by atomic mass is 9.93. The van der Waals surface area contributed by atoms with Crippen LogP contribution in [0.25, 0.3) is 0 Å². The highest BCUT2D eigenvalue weighted by atomic mass is 79.9. The summed E-state index contributed by atoms with van der Waals surface area (Å²) in [4.78, 5) is 24.2. The van der Waals surface area contributed by atoms with Crippen LogP contribution >= 0.6 is 27.3 Å². The lowest BCUT2D eigenvalue weighted by molar-refractivity contribution is -0.139. The monoisotopic (exact) mass is 508 g/mol. The normalized spacial score (nSPS) is 20.7. The molecule has 0 bridgehead atoms. The van der Waals surface area contributed by atoms with Gasteiger partial charge in [0.2, 0.25) is 0 Å². The predicted octanol–water partition coefficient (Wildman–Crippen LogP) is 3.02. The molecule has 10 heteroatoms. The first kappa shape index (κ1) is 22.1. The maximum absolute atomic E-state index is 13.7. The maximum Gasteiger partial charge on any atom is 0.338 e. The number of amidine groups is 1. The second-order valence-corrected chi connectivity index (χ2v) is 9.51. The molecular formula is C21H22BrFN4O3S. The molecule has 7 nitrogen and oxygen atoms in total. The van der Waals surface area contributed by atoms with Crippen molar-refractivity contribution in [3.05, 3.63) is 61.9 Å². The molecule has 1 aromatic heterocycles. The van der Waals surface area contributed by atoms with E-state index in [4.69, 9.17) is 9.73 Å². The van der Waals surface area contributed by atoms with Crippen molar-refractivity contribution >= 4 is 39.1 Å². The van der Waals surface area contributed by atoms with Crippen LogP contribution in [0.3, 0.4) is 0 Å². The van der Waals surface area contributed by atoms with Gasteiger partial charge >= 0.3 is 5.97 Å². The van der Waals surface area contributed by atoms with Crippen molar-refractivity contribution in [3.63, 3.8) is 0 Å². The quantitative estimate of drug-likeness (QED) is 0.583. The van der Waals surface area contributed by atoms with E-state index in [1.165, 1.54) is 23.5 Å². The summed E-state index contributed by atoms with van der Waals surface area (Å²) in [5, 5.41) is 15.9. The van der Waals surface area contributed by atoms with E-state index < -0.39 is 23.4 Å². The molecule has 164 valence electrons. The van der Waals surface area contributed by atoms with E-state index in [-0.39, 0.29) is 6.61 Å². The van der Waals surface area contributed by atoms with Crippen molar-refractivity contribution in [3.8, 4) is 0 Å². The fraction of sp³-hybridized carbons (Fsp3) is 0.381. The largest absolute Gasteiger partial charge is 0.463 e. The minimum absolute atomic E-state index is 0.217. The number of carbonyl (C=O) groups is 1. The smallest absolute Gasteiger partial charge is 0.338 e. The number of thiazole rings is 1. The molecular weight excluding hydrogens is 487 g/mol. The van der Waals surface area contributed by atoms with Crippen LogP contribution in [0, 0.1) is 5.82 Å². The Morgan fingerprint density at radius 2 is 2.26 bits per heavy atom. The predicted molar refractivity (Wildman–Crippen MR) is 119 cm³/mol. The summed E-state index contributed by atoms with van der Waals surface area (Å²) in [5.41, 5.74) is 0.898. The minimum Gasteiger partial charge on any atom is -0.463 e. The van der Waals surface area contributed by atoms with Crippen molar-refractivity contribution in [1.82, 2.24) is 15.2 Å². The number of β-amino-alcohol motifs (C(OH)–C–C–N with tert-alkyl or cyclic N) is 1. The molecule has 2 N–H and O–H groups in total. The molecule has 2 aliphatic rings. The number of likely N-dealkylation sites (tertiary alicyclic amines) is 1. The Hall–Kier alpha value is -2.14. The third-order valence-corrected chi connectivity index (χ3v) is 6.49. The summed E-state index contributed by atoms with van der Waals surface area (Å²) < 4.78 is 19.6. The third kappa shape index (κ3) is 4.72. The van der Waals surface area contributed by atoms with E-state index in [0.29, 0.717) is 51.8 Å². The number of aromatic nitrogens is 1. The number of carbonyl (C=O) groups excluding carboxylic acids is 1. The van der Waals surface area contributed by atoms with Gasteiger partial charge in [-0.05, 0) is 31.5 Å². The van der Waals surface area contributed by atoms with Gasteiger partial charge in [-0.3, -0.25) is 9.89 Å². The second kappa shape index (κ2) is 8.78. The van der Waals surface area contributed by atoms with Crippen LogP contribution < -0.4 is 5.32 Å². The average Bonchev–Trinajstić information content (AvgIpc) is 3.21. The second-order valence-electron chi connectivity index (χ2n) is 7.76.